The Morgan fingerprint density at radius 2 is 1.83 bits per heavy atom. The molecule has 4 rings (SSSR count). The van der Waals surface area contributed by atoms with Crippen molar-refractivity contribution in [3.63, 3.8) is 0 Å². The SMILES string of the molecule is CC(C)n1[nH]c(=O)c2c1NC(=O)CS[C@H]2c1ccccc1OCCc1ccccc1. The lowest BCUT2D eigenvalue weighted by molar-refractivity contribution is -0.113. The molecule has 30 heavy (non-hydrogen) atoms. The summed E-state index contributed by atoms with van der Waals surface area (Å²) in [6.07, 6.45) is 0.794. The average Bonchev–Trinajstić information content (AvgIpc) is 2.95. The minimum atomic E-state index is -0.296. The van der Waals surface area contributed by atoms with E-state index >= 15 is 0 Å². The molecule has 6 nitrogen and oxygen atoms in total. The lowest BCUT2D eigenvalue weighted by Crippen LogP contribution is -2.17. The molecule has 0 aliphatic carbocycles. The van der Waals surface area contributed by atoms with E-state index in [1.54, 1.807) is 4.68 Å². The van der Waals surface area contributed by atoms with Crippen LogP contribution in [0.1, 0.15) is 41.8 Å². The zero-order valence-electron chi connectivity index (χ0n) is 17.1. The Balaban J connectivity index is 1.66. The number of ether oxygens (including phenoxy) is 1. The second-order valence-electron chi connectivity index (χ2n) is 7.53. The van der Waals surface area contributed by atoms with Crippen LogP contribution in [0.3, 0.4) is 0 Å². The molecular weight excluding hydrogens is 398 g/mol. The quantitative estimate of drug-likeness (QED) is 0.624. The summed E-state index contributed by atoms with van der Waals surface area (Å²) in [5.41, 5.74) is 2.50. The van der Waals surface area contributed by atoms with Gasteiger partial charge in [-0.2, -0.15) is 0 Å². The fourth-order valence-electron chi connectivity index (χ4n) is 3.63. The number of aromatic amines is 1. The second-order valence-corrected chi connectivity index (χ2v) is 8.62. The van der Waals surface area contributed by atoms with Gasteiger partial charge in [-0.25, -0.2) is 0 Å². The van der Waals surface area contributed by atoms with Gasteiger partial charge in [0.1, 0.15) is 11.6 Å². The molecule has 1 aliphatic heterocycles. The highest BCUT2D eigenvalue weighted by Gasteiger charge is 2.32. The second kappa shape index (κ2) is 8.83. The van der Waals surface area contributed by atoms with Gasteiger partial charge in [0.25, 0.3) is 5.56 Å². The molecule has 2 aromatic carbocycles. The molecule has 0 spiro atoms. The van der Waals surface area contributed by atoms with Crippen molar-refractivity contribution in [1.29, 1.82) is 0 Å². The number of aromatic nitrogens is 2. The van der Waals surface area contributed by atoms with Crippen LogP contribution >= 0.6 is 11.8 Å². The van der Waals surface area contributed by atoms with Crippen LogP contribution in [0, 0.1) is 0 Å². The highest BCUT2D eigenvalue weighted by Crippen LogP contribution is 2.43. The molecule has 0 saturated heterocycles. The van der Waals surface area contributed by atoms with Gasteiger partial charge >= 0.3 is 0 Å². The van der Waals surface area contributed by atoms with E-state index < -0.39 is 0 Å². The molecule has 1 atom stereocenters. The first-order valence-electron chi connectivity index (χ1n) is 10.1. The number of benzene rings is 2. The summed E-state index contributed by atoms with van der Waals surface area (Å²) in [6.45, 7) is 4.47. The van der Waals surface area contributed by atoms with Crippen LogP contribution in [0.4, 0.5) is 5.82 Å². The molecule has 0 unspecified atom stereocenters. The van der Waals surface area contributed by atoms with E-state index in [9.17, 15) is 9.59 Å². The first-order valence-corrected chi connectivity index (χ1v) is 11.1. The number of carbonyl (C=O) groups excluding carboxylic acids is 1. The van der Waals surface area contributed by atoms with Gasteiger partial charge in [-0.05, 0) is 25.5 Å². The summed E-state index contributed by atoms with van der Waals surface area (Å²) in [4.78, 5) is 25.2. The summed E-state index contributed by atoms with van der Waals surface area (Å²) in [5.74, 6) is 1.45. The van der Waals surface area contributed by atoms with Crippen LogP contribution in [0.15, 0.2) is 59.4 Å². The zero-order valence-corrected chi connectivity index (χ0v) is 17.9. The Kier molecular flexibility index (Phi) is 5.99. The number of amides is 1. The molecule has 1 aliphatic rings. The molecule has 0 radical (unpaired) electrons. The Hall–Kier alpha value is -2.93. The Bertz CT molecular complexity index is 1090. The summed E-state index contributed by atoms with van der Waals surface area (Å²) in [5, 5.41) is 5.49. The molecule has 2 heterocycles. The van der Waals surface area contributed by atoms with Gasteiger partial charge in [-0.3, -0.25) is 19.4 Å². The molecule has 0 saturated carbocycles. The number of hydrogen-bond acceptors (Lipinski definition) is 4. The van der Waals surface area contributed by atoms with Crippen molar-refractivity contribution in [3.05, 3.63) is 81.6 Å². The van der Waals surface area contributed by atoms with Crippen LogP contribution in [0.5, 0.6) is 5.75 Å². The molecule has 7 heteroatoms. The lowest BCUT2D eigenvalue weighted by atomic mass is 10.0. The Morgan fingerprint density at radius 3 is 2.60 bits per heavy atom. The number of para-hydroxylation sites is 1. The van der Waals surface area contributed by atoms with Crippen molar-refractivity contribution >= 4 is 23.5 Å². The van der Waals surface area contributed by atoms with Crippen molar-refractivity contribution in [2.24, 2.45) is 0 Å². The van der Waals surface area contributed by atoms with Crippen LogP contribution < -0.4 is 15.6 Å². The van der Waals surface area contributed by atoms with E-state index in [1.807, 2.05) is 56.3 Å². The van der Waals surface area contributed by atoms with Gasteiger partial charge in [0.15, 0.2) is 0 Å². The van der Waals surface area contributed by atoms with Gasteiger partial charge in [0, 0.05) is 18.0 Å². The van der Waals surface area contributed by atoms with Crippen molar-refractivity contribution in [2.45, 2.75) is 31.6 Å². The molecule has 1 amide bonds. The van der Waals surface area contributed by atoms with E-state index in [4.69, 9.17) is 4.74 Å². The predicted octanol–water partition coefficient (Wildman–Crippen LogP) is 4.15. The van der Waals surface area contributed by atoms with Crippen molar-refractivity contribution in [2.75, 3.05) is 17.7 Å². The standard InChI is InChI=1S/C23H25N3O3S/c1-15(2)26-22-20(23(28)25-26)21(30-14-19(27)24-22)17-10-6-7-11-18(17)29-13-12-16-8-4-3-5-9-16/h3-11,15,21H,12-14H2,1-2H3,(H,24,27)(H,25,28)/t21-/m0/s1. The Morgan fingerprint density at radius 1 is 1.10 bits per heavy atom. The minimum absolute atomic E-state index is 0.0165. The summed E-state index contributed by atoms with van der Waals surface area (Å²) >= 11 is 1.45. The maximum Gasteiger partial charge on any atom is 0.270 e. The van der Waals surface area contributed by atoms with Crippen LogP contribution in [-0.2, 0) is 11.2 Å². The smallest absolute Gasteiger partial charge is 0.270 e. The maximum absolute atomic E-state index is 12.9. The fraction of sp³-hybridized carbons (Fsp3) is 0.304. The van der Waals surface area contributed by atoms with Crippen molar-refractivity contribution < 1.29 is 9.53 Å². The van der Waals surface area contributed by atoms with Crippen LogP contribution in [0.25, 0.3) is 0 Å². The number of carbonyl (C=O) groups is 1. The number of rotatable bonds is 6. The first-order chi connectivity index (χ1) is 14.5. The number of hydrogen-bond donors (Lipinski definition) is 2. The highest BCUT2D eigenvalue weighted by molar-refractivity contribution is 8.00. The first kappa shape index (κ1) is 20.3. The lowest BCUT2D eigenvalue weighted by Gasteiger charge is -2.18. The number of nitrogens with zero attached hydrogens (tertiary/aromatic N) is 1. The molecule has 0 fully saturated rings. The Labute approximate surface area is 179 Å². The minimum Gasteiger partial charge on any atom is -0.493 e. The third-order valence-electron chi connectivity index (χ3n) is 5.07. The van der Waals surface area contributed by atoms with Gasteiger partial charge < -0.3 is 10.1 Å². The van der Waals surface area contributed by atoms with Crippen LogP contribution in [0.2, 0.25) is 0 Å². The van der Waals surface area contributed by atoms with E-state index in [-0.39, 0.29) is 28.5 Å². The molecule has 2 N–H and O–H groups in total. The molecule has 156 valence electrons. The fourth-order valence-corrected chi connectivity index (χ4v) is 4.78. The predicted molar refractivity (Wildman–Crippen MR) is 120 cm³/mol. The van der Waals surface area contributed by atoms with E-state index in [0.717, 1.165) is 17.7 Å². The molecule has 3 aromatic rings. The average molecular weight is 424 g/mol. The largest absolute Gasteiger partial charge is 0.493 e. The number of fused-ring (bicyclic) bond motifs is 1. The molecular formula is C23H25N3O3S. The summed E-state index contributed by atoms with van der Waals surface area (Å²) in [7, 11) is 0. The normalized spacial score (nSPS) is 16.1. The topological polar surface area (TPSA) is 76.1 Å². The van der Waals surface area contributed by atoms with Gasteiger partial charge in [-0.15, -0.1) is 11.8 Å². The van der Waals surface area contributed by atoms with Crippen LogP contribution in [-0.4, -0.2) is 28.0 Å². The van der Waals surface area contributed by atoms with Gasteiger partial charge in [-0.1, -0.05) is 48.5 Å². The number of thioether (sulfide) groups is 1. The number of H-pyrrole nitrogens is 1. The third kappa shape index (κ3) is 4.16. The summed E-state index contributed by atoms with van der Waals surface area (Å²) < 4.78 is 7.86. The van der Waals surface area contributed by atoms with Gasteiger partial charge in [0.2, 0.25) is 5.91 Å². The summed E-state index contributed by atoms with van der Waals surface area (Å²) in [6, 6.07) is 18.0. The van der Waals surface area contributed by atoms with Crippen molar-refractivity contribution in [3.8, 4) is 5.75 Å². The molecule has 1 aromatic heterocycles. The third-order valence-corrected chi connectivity index (χ3v) is 6.32. The maximum atomic E-state index is 12.9. The number of nitrogens with one attached hydrogen (secondary N) is 2. The van der Waals surface area contributed by atoms with Gasteiger partial charge in [0.05, 0.1) is 23.2 Å². The zero-order chi connectivity index (χ0) is 21.1. The number of anilines is 1. The van der Waals surface area contributed by atoms with Crippen molar-refractivity contribution in [1.82, 2.24) is 9.78 Å². The monoisotopic (exact) mass is 423 g/mol. The highest BCUT2D eigenvalue weighted by atomic mass is 32.2. The van der Waals surface area contributed by atoms with E-state index in [2.05, 4.69) is 22.5 Å². The molecule has 0 bridgehead atoms. The van der Waals surface area contributed by atoms with E-state index in [1.165, 1.54) is 17.3 Å². The van der Waals surface area contributed by atoms with E-state index in [0.29, 0.717) is 18.0 Å².